The SMILES string of the molecule is C=C(C#N)C(=O)OC(CC)CC(=O)OCC.C=C(C#N)C(=O)OC(CCC)CC(=O)OCC. The maximum Gasteiger partial charge on any atom is 0.348 e. The molecule has 0 aliphatic carbocycles. The first-order valence-corrected chi connectivity index (χ1v) is 10.5. The van der Waals surface area contributed by atoms with E-state index < -0.39 is 36.1 Å². The lowest BCUT2D eigenvalue weighted by Crippen LogP contribution is -2.23. The zero-order valence-electron chi connectivity index (χ0n) is 19.7. The molecule has 0 rings (SSSR count). The first-order valence-electron chi connectivity index (χ1n) is 10.5. The number of hydrogen-bond donors (Lipinski definition) is 0. The van der Waals surface area contributed by atoms with Crippen LogP contribution in [0.25, 0.3) is 0 Å². The second-order valence-electron chi connectivity index (χ2n) is 6.45. The van der Waals surface area contributed by atoms with Crippen LogP contribution >= 0.6 is 0 Å². The molecule has 0 aromatic rings. The summed E-state index contributed by atoms with van der Waals surface area (Å²) in [6, 6.07) is 3.19. The Morgan fingerprint density at radius 3 is 1.48 bits per heavy atom. The number of nitriles is 2. The Hall–Kier alpha value is -3.66. The van der Waals surface area contributed by atoms with Gasteiger partial charge < -0.3 is 18.9 Å². The van der Waals surface area contributed by atoms with E-state index in [1.165, 1.54) is 0 Å². The van der Waals surface area contributed by atoms with Crippen LogP contribution in [0, 0.1) is 22.7 Å². The van der Waals surface area contributed by atoms with E-state index in [0.29, 0.717) is 12.8 Å². The summed E-state index contributed by atoms with van der Waals surface area (Å²) in [6.45, 7) is 14.1. The lowest BCUT2D eigenvalue weighted by Gasteiger charge is -2.15. The molecule has 0 saturated heterocycles. The molecule has 0 fully saturated rings. The number of esters is 4. The quantitative estimate of drug-likeness (QED) is 0.172. The Labute approximate surface area is 194 Å². The number of hydrogen-bond acceptors (Lipinski definition) is 10. The van der Waals surface area contributed by atoms with E-state index in [1.54, 1.807) is 32.9 Å². The van der Waals surface area contributed by atoms with Gasteiger partial charge in [0.15, 0.2) is 0 Å². The van der Waals surface area contributed by atoms with Crippen molar-refractivity contribution in [2.75, 3.05) is 13.2 Å². The molecular formula is C23H32N2O8. The lowest BCUT2D eigenvalue weighted by molar-refractivity contribution is -0.154. The molecule has 0 aliphatic rings. The molecule has 0 radical (unpaired) electrons. The Balaban J connectivity index is 0. The molecular weight excluding hydrogens is 432 g/mol. The topological polar surface area (TPSA) is 153 Å². The molecule has 182 valence electrons. The molecule has 2 unspecified atom stereocenters. The highest BCUT2D eigenvalue weighted by atomic mass is 16.6. The summed E-state index contributed by atoms with van der Waals surface area (Å²) >= 11 is 0. The monoisotopic (exact) mass is 464 g/mol. The highest BCUT2D eigenvalue weighted by Crippen LogP contribution is 2.11. The number of carbonyl (C=O) groups is 4. The van der Waals surface area contributed by atoms with Gasteiger partial charge >= 0.3 is 23.9 Å². The van der Waals surface area contributed by atoms with Gasteiger partial charge in [0.2, 0.25) is 0 Å². The van der Waals surface area contributed by atoms with Crippen molar-refractivity contribution in [3.8, 4) is 12.1 Å². The van der Waals surface area contributed by atoms with Crippen molar-refractivity contribution < 1.29 is 38.1 Å². The second-order valence-corrected chi connectivity index (χ2v) is 6.45. The van der Waals surface area contributed by atoms with Crippen molar-refractivity contribution in [2.24, 2.45) is 0 Å². The van der Waals surface area contributed by atoms with Crippen LogP contribution in [-0.4, -0.2) is 49.3 Å². The van der Waals surface area contributed by atoms with Crippen molar-refractivity contribution >= 4 is 23.9 Å². The fraction of sp³-hybridized carbons (Fsp3) is 0.565. The van der Waals surface area contributed by atoms with E-state index in [2.05, 4.69) is 13.2 Å². The van der Waals surface area contributed by atoms with Crippen molar-refractivity contribution in [1.82, 2.24) is 0 Å². The Morgan fingerprint density at radius 1 is 0.758 bits per heavy atom. The number of nitrogens with zero attached hydrogens (tertiary/aromatic N) is 2. The standard InChI is InChI=1S/C12H17NO4.C11H15NO4/c1-4-6-10(7-11(14)16-5-2)17-12(15)9(3)8-13;1-4-9(6-10(13)15-5-2)16-11(14)8(3)7-12/h10H,3-7H2,1-2H3;9H,3-6H2,1-2H3. The first kappa shape index (κ1) is 31.5. The van der Waals surface area contributed by atoms with Crippen LogP contribution < -0.4 is 0 Å². The molecule has 0 saturated carbocycles. The maximum absolute atomic E-state index is 11.3. The molecule has 0 bridgehead atoms. The van der Waals surface area contributed by atoms with Gasteiger partial charge in [-0.3, -0.25) is 9.59 Å². The van der Waals surface area contributed by atoms with Gasteiger partial charge in [-0.15, -0.1) is 0 Å². The molecule has 0 aliphatic heterocycles. The maximum atomic E-state index is 11.3. The minimum absolute atomic E-state index is 0.00517. The zero-order chi connectivity index (χ0) is 25.8. The third kappa shape index (κ3) is 15.7. The molecule has 0 spiro atoms. The third-order valence-corrected chi connectivity index (χ3v) is 3.78. The summed E-state index contributed by atoms with van der Waals surface area (Å²) in [7, 11) is 0. The predicted octanol–water partition coefficient (Wildman–Crippen LogP) is 3.07. The van der Waals surface area contributed by atoms with Gasteiger partial charge in [-0.25, -0.2) is 9.59 Å². The van der Waals surface area contributed by atoms with E-state index >= 15 is 0 Å². The van der Waals surface area contributed by atoms with Crippen molar-refractivity contribution in [2.45, 2.75) is 72.0 Å². The van der Waals surface area contributed by atoms with Crippen LogP contribution in [0.15, 0.2) is 24.3 Å². The highest BCUT2D eigenvalue weighted by molar-refractivity contribution is 5.92. The average Bonchev–Trinajstić information content (AvgIpc) is 2.78. The first-order chi connectivity index (χ1) is 15.6. The van der Waals surface area contributed by atoms with E-state index in [9.17, 15) is 19.2 Å². The van der Waals surface area contributed by atoms with E-state index in [4.69, 9.17) is 29.5 Å². The van der Waals surface area contributed by atoms with Gasteiger partial charge in [0.1, 0.15) is 35.5 Å². The van der Waals surface area contributed by atoms with Crippen LogP contribution in [0.1, 0.15) is 59.8 Å². The molecule has 0 N–H and O–H groups in total. The van der Waals surface area contributed by atoms with Gasteiger partial charge in [-0.05, 0) is 26.7 Å². The van der Waals surface area contributed by atoms with E-state index in [1.807, 2.05) is 6.92 Å². The number of rotatable bonds is 13. The second kappa shape index (κ2) is 19.1. The fourth-order valence-corrected chi connectivity index (χ4v) is 2.14. The zero-order valence-corrected chi connectivity index (χ0v) is 19.7. The smallest absolute Gasteiger partial charge is 0.348 e. The normalized spacial score (nSPS) is 11.1. The molecule has 0 amide bonds. The number of carbonyl (C=O) groups excluding carboxylic acids is 4. The van der Waals surface area contributed by atoms with E-state index in [0.717, 1.165) is 6.42 Å². The fourth-order valence-electron chi connectivity index (χ4n) is 2.14. The van der Waals surface area contributed by atoms with Crippen molar-refractivity contribution in [3.63, 3.8) is 0 Å². The minimum atomic E-state index is -0.793. The summed E-state index contributed by atoms with van der Waals surface area (Å²) in [6.07, 6.45) is 0.650. The minimum Gasteiger partial charge on any atom is -0.466 e. The van der Waals surface area contributed by atoms with Gasteiger partial charge in [-0.1, -0.05) is 33.4 Å². The molecule has 0 heterocycles. The Kier molecular flexibility index (Phi) is 18.2. The largest absolute Gasteiger partial charge is 0.466 e. The summed E-state index contributed by atoms with van der Waals surface area (Å²) in [5.74, 6) is -2.42. The van der Waals surface area contributed by atoms with Crippen molar-refractivity contribution in [3.05, 3.63) is 24.3 Å². The van der Waals surface area contributed by atoms with Crippen LogP contribution in [-0.2, 0) is 38.1 Å². The lowest BCUT2D eigenvalue weighted by atomic mass is 10.1. The molecule has 10 heteroatoms. The summed E-state index contributed by atoms with van der Waals surface area (Å²) in [5, 5.41) is 16.9. The van der Waals surface area contributed by atoms with Crippen LogP contribution in [0.5, 0.6) is 0 Å². The molecule has 0 aromatic carbocycles. The number of ether oxygens (including phenoxy) is 4. The van der Waals surface area contributed by atoms with Gasteiger partial charge in [0, 0.05) is 0 Å². The average molecular weight is 465 g/mol. The summed E-state index contributed by atoms with van der Waals surface area (Å²) < 4.78 is 19.4. The molecule has 0 aromatic heterocycles. The Bertz CT molecular complexity index is 776. The van der Waals surface area contributed by atoms with Crippen LogP contribution in [0.2, 0.25) is 0 Å². The van der Waals surface area contributed by atoms with Gasteiger partial charge in [0.05, 0.1) is 26.1 Å². The van der Waals surface area contributed by atoms with Crippen molar-refractivity contribution in [1.29, 1.82) is 10.5 Å². The third-order valence-electron chi connectivity index (χ3n) is 3.78. The van der Waals surface area contributed by atoms with E-state index in [-0.39, 0.29) is 37.2 Å². The van der Waals surface area contributed by atoms with Gasteiger partial charge in [-0.2, -0.15) is 10.5 Å². The van der Waals surface area contributed by atoms with Crippen LogP contribution in [0.3, 0.4) is 0 Å². The summed E-state index contributed by atoms with van der Waals surface area (Å²) in [5.41, 5.74) is -0.544. The Morgan fingerprint density at radius 2 is 1.15 bits per heavy atom. The molecule has 2 atom stereocenters. The molecule has 10 nitrogen and oxygen atoms in total. The highest BCUT2D eigenvalue weighted by Gasteiger charge is 2.20. The predicted molar refractivity (Wildman–Crippen MR) is 117 cm³/mol. The molecule has 33 heavy (non-hydrogen) atoms. The summed E-state index contributed by atoms with van der Waals surface area (Å²) in [4.78, 5) is 44.9. The van der Waals surface area contributed by atoms with Crippen LogP contribution in [0.4, 0.5) is 0 Å². The van der Waals surface area contributed by atoms with Gasteiger partial charge in [0.25, 0.3) is 0 Å².